The lowest BCUT2D eigenvalue weighted by molar-refractivity contribution is -0.118. The number of nitrogens with two attached hydrogens (primary N) is 1. The highest BCUT2D eigenvalue weighted by Crippen LogP contribution is 2.31. The second kappa shape index (κ2) is 5.34. The third kappa shape index (κ3) is 2.61. The fraction of sp³-hybridized carbons (Fsp3) is 0.417. The van der Waals surface area contributed by atoms with Gasteiger partial charge in [-0.2, -0.15) is 0 Å². The van der Waals surface area contributed by atoms with E-state index in [9.17, 15) is 15.0 Å². The van der Waals surface area contributed by atoms with E-state index in [1.807, 2.05) is 0 Å². The predicted octanol–water partition coefficient (Wildman–Crippen LogP) is -0.239. The Kier molecular flexibility index (Phi) is 3.81. The first-order valence-corrected chi connectivity index (χ1v) is 5.74. The number of fused-ring (bicyclic) bond motifs is 1. The van der Waals surface area contributed by atoms with Crippen LogP contribution in [0, 0.1) is 0 Å². The SMILES string of the molecule is NCCC(O)C(O)c1ccc2c(c1)OCC(=O)N2. The molecule has 1 aliphatic heterocycles. The van der Waals surface area contributed by atoms with E-state index in [4.69, 9.17) is 10.5 Å². The summed E-state index contributed by atoms with van der Waals surface area (Å²) < 4.78 is 5.24. The number of carbonyl (C=O) groups is 1. The molecule has 1 aromatic carbocycles. The molecule has 5 N–H and O–H groups in total. The van der Waals surface area contributed by atoms with Gasteiger partial charge in [0.05, 0.1) is 11.8 Å². The number of ether oxygens (including phenoxy) is 1. The fourth-order valence-electron chi connectivity index (χ4n) is 1.83. The van der Waals surface area contributed by atoms with Crippen molar-refractivity contribution in [1.29, 1.82) is 0 Å². The molecule has 0 fully saturated rings. The summed E-state index contributed by atoms with van der Waals surface area (Å²) in [5, 5.41) is 22.3. The Labute approximate surface area is 104 Å². The van der Waals surface area contributed by atoms with Gasteiger partial charge < -0.3 is 26.0 Å². The molecule has 0 aliphatic carbocycles. The van der Waals surface area contributed by atoms with Crippen molar-refractivity contribution in [1.82, 2.24) is 0 Å². The summed E-state index contributed by atoms with van der Waals surface area (Å²) in [4.78, 5) is 11.1. The summed E-state index contributed by atoms with van der Waals surface area (Å²) in [5.74, 6) is 0.282. The van der Waals surface area contributed by atoms with Gasteiger partial charge in [-0.1, -0.05) is 6.07 Å². The van der Waals surface area contributed by atoms with Crippen LogP contribution in [0.5, 0.6) is 5.75 Å². The van der Waals surface area contributed by atoms with Gasteiger partial charge in [0.25, 0.3) is 5.91 Å². The number of aliphatic hydroxyl groups is 2. The van der Waals surface area contributed by atoms with E-state index < -0.39 is 12.2 Å². The van der Waals surface area contributed by atoms with E-state index in [0.717, 1.165) is 0 Å². The molecule has 0 radical (unpaired) electrons. The lowest BCUT2D eigenvalue weighted by atomic mass is 10.0. The molecular weight excluding hydrogens is 236 g/mol. The number of anilines is 1. The molecule has 0 aromatic heterocycles. The van der Waals surface area contributed by atoms with Crippen molar-refractivity contribution < 1.29 is 19.7 Å². The van der Waals surface area contributed by atoms with Gasteiger partial charge in [0.15, 0.2) is 6.61 Å². The van der Waals surface area contributed by atoms with E-state index in [0.29, 0.717) is 30.0 Å². The number of hydrogen-bond acceptors (Lipinski definition) is 5. The molecule has 18 heavy (non-hydrogen) atoms. The van der Waals surface area contributed by atoms with Gasteiger partial charge in [0.2, 0.25) is 0 Å². The molecule has 1 heterocycles. The fourth-order valence-corrected chi connectivity index (χ4v) is 1.83. The molecule has 2 rings (SSSR count). The number of hydrogen-bond donors (Lipinski definition) is 4. The normalized spacial score (nSPS) is 17.4. The Morgan fingerprint density at radius 2 is 2.22 bits per heavy atom. The molecular formula is C12H16N2O4. The monoisotopic (exact) mass is 252 g/mol. The van der Waals surface area contributed by atoms with Gasteiger partial charge in [-0.3, -0.25) is 4.79 Å². The van der Waals surface area contributed by atoms with Crippen molar-refractivity contribution in [2.24, 2.45) is 5.73 Å². The van der Waals surface area contributed by atoms with E-state index in [1.165, 1.54) is 0 Å². The molecule has 0 saturated carbocycles. The zero-order chi connectivity index (χ0) is 13.1. The lowest BCUT2D eigenvalue weighted by Gasteiger charge is -2.22. The first-order chi connectivity index (χ1) is 8.61. The minimum atomic E-state index is -1.01. The maximum Gasteiger partial charge on any atom is 0.262 e. The summed E-state index contributed by atoms with van der Waals surface area (Å²) in [6, 6.07) is 4.89. The van der Waals surface area contributed by atoms with E-state index >= 15 is 0 Å². The molecule has 0 saturated heterocycles. The minimum Gasteiger partial charge on any atom is -0.482 e. The molecule has 1 aromatic rings. The van der Waals surface area contributed by atoms with E-state index in [2.05, 4.69) is 5.32 Å². The number of benzene rings is 1. The Morgan fingerprint density at radius 3 is 2.94 bits per heavy atom. The Morgan fingerprint density at radius 1 is 1.44 bits per heavy atom. The molecule has 1 amide bonds. The first kappa shape index (κ1) is 12.8. The van der Waals surface area contributed by atoms with Crippen molar-refractivity contribution in [2.45, 2.75) is 18.6 Å². The number of rotatable bonds is 4. The first-order valence-electron chi connectivity index (χ1n) is 5.74. The maximum absolute atomic E-state index is 11.1. The van der Waals surface area contributed by atoms with E-state index in [1.54, 1.807) is 18.2 Å². The van der Waals surface area contributed by atoms with Crippen molar-refractivity contribution in [3.63, 3.8) is 0 Å². The van der Waals surface area contributed by atoms with Gasteiger partial charge in [0.1, 0.15) is 11.9 Å². The Balaban J connectivity index is 2.18. The summed E-state index contributed by atoms with van der Waals surface area (Å²) in [7, 11) is 0. The van der Waals surface area contributed by atoms with Crippen LogP contribution >= 0.6 is 0 Å². The second-order valence-electron chi connectivity index (χ2n) is 4.18. The van der Waals surface area contributed by atoms with Crippen LogP contribution in [0.3, 0.4) is 0 Å². The van der Waals surface area contributed by atoms with Crippen LogP contribution in [0.15, 0.2) is 18.2 Å². The summed E-state index contributed by atoms with van der Waals surface area (Å²) in [6.07, 6.45) is -1.61. The van der Waals surface area contributed by atoms with Crippen LogP contribution in [-0.4, -0.2) is 35.4 Å². The molecule has 0 bridgehead atoms. The van der Waals surface area contributed by atoms with E-state index in [-0.39, 0.29) is 12.5 Å². The molecule has 0 spiro atoms. The van der Waals surface area contributed by atoms with Crippen LogP contribution in [0.1, 0.15) is 18.1 Å². The zero-order valence-electron chi connectivity index (χ0n) is 9.80. The molecule has 98 valence electrons. The number of nitrogens with one attached hydrogen (secondary N) is 1. The van der Waals surface area contributed by atoms with Gasteiger partial charge in [-0.15, -0.1) is 0 Å². The molecule has 6 heteroatoms. The molecule has 6 nitrogen and oxygen atoms in total. The average Bonchev–Trinajstić information content (AvgIpc) is 2.37. The maximum atomic E-state index is 11.1. The van der Waals surface area contributed by atoms with Gasteiger partial charge >= 0.3 is 0 Å². The third-order valence-corrected chi connectivity index (χ3v) is 2.81. The minimum absolute atomic E-state index is 0.0437. The molecule has 2 unspecified atom stereocenters. The predicted molar refractivity (Wildman–Crippen MR) is 65.2 cm³/mol. The quantitative estimate of drug-likeness (QED) is 0.592. The smallest absolute Gasteiger partial charge is 0.262 e. The molecule has 2 atom stereocenters. The van der Waals surface area contributed by atoms with Crippen LogP contribution < -0.4 is 15.8 Å². The second-order valence-corrected chi connectivity index (χ2v) is 4.18. The lowest BCUT2D eigenvalue weighted by Crippen LogP contribution is -2.26. The van der Waals surface area contributed by atoms with Crippen molar-refractivity contribution in [3.05, 3.63) is 23.8 Å². The van der Waals surface area contributed by atoms with Crippen LogP contribution in [-0.2, 0) is 4.79 Å². The highest BCUT2D eigenvalue weighted by Gasteiger charge is 2.21. The summed E-state index contributed by atoms with van der Waals surface area (Å²) >= 11 is 0. The van der Waals surface area contributed by atoms with Gasteiger partial charge in [-0.05, 0) is 30.7 Å². The van der Waals surface area contributed by atoms with Gasteiger partial charge in [0, 0.05) is 0 Å². The van der Waals surface area contributed by atoms with Crippen molar-refractivity contribution in [2.75, 3.05) is 18.5 Å². The third-order valence-electron chi connectivity index (χ3n) is 2.81. The Bertz CT molecular complexity index is 450. The van der Waals surface area contributed by atoms with Crippen molar-refractivity contribution in [3.8, 4) is 5.75 Å². The highest BCUT2D eigenvalue weighted by molar-refractivity contribution is 5.95. The Hall–Kier alpha value is -1.63. The van der Waals surface area contributed by atoms with Crippen molar-refractivity contribution >= 4 is 11.6 Å². The van der Waals surface area contributed by atoms with Crippen LogP contribution in [0.25, 0.3) is 0 Å². The largest absolute Gasteiger partial charge is 0.482 e. The standard InChI is InChI=1S/C12H16N2O4/c13-4-3-9(15)12(17)7-1-2-8-10(5-7)18-6-11(16)14-8/h1-2,5,9,12,15,17H,3-4,6,13H2,(H,14,16). The topological polar surface area (TPSA) is 105 Å². The average molecular weight is 252 g/mol. The summed E-state index contributed by atoms with van der Waals surface area (Å²) in [6.45, 7) is 0.258. The summed E-state index contributed by atoms with van der Waals surface area (Å²) in [5.41, 5.74) is 6.43. The number of carbonyl (C=O) groups excluding carboxylic acids is 1. The number of amides is 1. The highest BCUT2D eigenvalue weighted by atomic mass is 16.5. The zero-order valence-corrected chi connectivity index (χ0v) is 9.80. The van der Waals surface area contributed by atoms with Gasteiger partial charge in [-0.25, -0.2) is 0 Å². The van der Waals surface area contributed by atoms with Crippen LogP contribution in [0.2, 0.25) is 0 Å². The van der Waals surface area contributed by atoms with Crippen LogP contribution in [0.4, 0.5) is 5.69 Å². The number of aliphatic hydroxyl groups excluding tert-OH is 2. The molecule has 1 aliphatic rings.